The number of nitrogens with zero attached hydrogens (tertiary/aromatic N) is 1. The molecule has 0 saturated carbocycles. The van der Waals surface area contributed by atoms with Crippen molar-refractivity contribution in [3.05, 3.63) is 24.3 Å². The minimum absolute atomic E-state index is 0.0190. The first kappa shape index (κ1) is 18.3. The van der Waals surface area contributed by atoms with Gasteiger partial charge in [-0.3, -0.25) is 9.59 Å². The van der Waals surface area contributed by atoms with Crippen molar-refractivity contribution < 1.29 is 14.3 Å². The van der Waals surface area contributed by atoms with Crippen molar-refractivity contribution >= 4 is 17.5 Å². The van der Waals surface area contributed by atoms with Crippen LogP contribution >= 0.6 is 0 Å². The molecule has 1 aliphatic heterocycles. The van der Waals surface area contributed by atoms with E-state index in [9.17, 15) is 9.59 Å². The molecule has 1 aromatic carbocycles. The van der Waals surface area contributed by atoms with E-state index in [0.717, 1.165) is 13.0 Å². The van der Waals surface area contributed by atoms with Crippen molar-refractivity contribution in [1.82, 2.24) is 10.2 Å². The summed E-state index contributed by atoms with van der Waals surface area (Å²) in [5.41, 5.74) is 0.672. The van der Waals surface area contributed by atoms with Crippen molar-refractivity contribution in [1.29, 1.82) is 0 Å². The highest BCUT2D eigenvalue weighted by Gasteiger charge is 2.10. The number of amides is 2. The topological polar surface area (TPSA) is 70.7 Å². The Labute approximate surface area is 143 Å². The van der Waals surface area contributed by atoms with Crippen LogP contribution in [0.4, 0.5) is 5.69 Å². The Hall–Kier alpha value is -2.08. The number of carbonyl (C=O) groups is 2. The Morgan fingerprint density at radius 2 is 2.00 bits per heavy atom. The summed E-state index contributed by atoms with van der Waals surface area (Å²) in [5.74, 6) is 0.387. The van der Waals surface area contributed by atoms with Crippen molar-refractivity contribution in [2.45, 2.75) is 32.6 Å². The van der Waals surface area contributed by atoms with E-state index in [4.69, 9.17) is 4.74 Å². The zero-order chi connectivity index (χ0) is 17.2. The molecule has 0 bridgehead atoms. The predicted octanol–water partition coefficient (Wildman–Crippen LogP) is 2.02. The van der Waals surface area contributed by atoms with Crippen LogP contribution in [-0.4, -0.2) is 49.5 Å². The molecule has 1 saturated heterocycles. The zero-order valence-electron chi connectivity index (χ0n) is 14.3. The highest BCUT2D eigenvalue weighted by molar-refractivity contribution is 5.90. The molecular formula is C18H27N3O3. The lowest BCUT2D eigenvalue weighted by Crippen LogP contribution is -2.32. The summed E-state index contributed by atoms with van der Waals surface area (Å²) < 4.78 is 5.48. The lowest BCUT2D eigenvalue weighted by Gasteiger charge is -2.14. The van der Waals surface area contributed by atoms with Crippen molar-refractivity contribution in [3.63, 3.8) is 0 Å². The summed E-state index contributed by atoms with van der Waals surface area (Å²) >= 11 is 0. The highest BCUT2D eigenvalue weighted by Crippen LogP contribution is 2.17. The van der Waals surface area contributed by atoms with Crippen LogP contribution in [0.1, 0.15) is 32.6 Å². The fourth-order valence-electron chi connectivity index (χ4n) is 2.65. The fraction of sp³-hybridized carbons (Fsp3) is 0.556. The number of hydrogen-bond donors (Lipinski definition) is 2. The quantitative estimate of drug-likeness (QED) is 0.678. The van der Waals surface area contributed by atoms with Gasteiger partial charge in [0.25, 0.3) is 5.91 Å². The molecule has 1 fully saturated rings. The second-order valence-corrected chi connectivity index (χ2v) is 5.97. The molecule has 0 spiro atoms. The molecule has 2 rings (SSSR count). The number of benzene rings is 1. The maximum Gasteiger partial charge on any atom is 0.257 e. The molecule has 0 aliphatic carbocycles. The van der Waals surface area contributed by atoms with Gasteiger partial charge in [0.1, 0.15) is 5.75 Å². The minimum Gasteiger partial charge on any atom is -0.484 e. The monoisotopic (exact) mass is 333 g/mol. The summed E-state index contributed by atoms with van der Waals surface area (Å²) in [5, 5.41) is 5.64. The average Bonchev–Trinajstić information content (AvgIpc) is 3.10. The predicted molar refractivity (Wildman–Crippen MR) is 94.2 cm³/mol. The van der Waals surface area contributed by atoms with Crippen molar-refractivity contribution in [3.8, 4) is 5.75 Å². The summed E-state index contributed by atoms with van der Waals surface area (Å²) in [6.07, 6.45) is 3.96. The smallest absolute Gasteiger partial charge is 0.257 e. The van der Waals surface area contributed by atoms with Crippen LogP contribution in [-0.2, 0) is 9.59 Å². The van der Waals surface area contributed by atoms with Gasteiger partial charge in [-0.15, -0.1) is 0 Å². The van der Waals surface area contributed by atoms with Crippen molar-refractivity contribution in [2.24, 2.45) is 0 Å². The normalized spacial score (nSPS) is 14.4. The van der Waals surface area contributed by atoms with E-state index < -0.39 is 0 Å². The molecule has 24 heavy (non-hydrogen) atoms. The lowest BCUT2D eigenvalue weighted by molar-refractivity contribution is -0.123. The van der Waals surface area contributed by atoms with Gasteiger partial charge in [-0.1, -0.05) is 13.0 Å². The van der Waals surface area contributed by atoms with Crippen molar-refractivity contribution in [2.75, 3.05) is 38.1 Å². The molecule has 6 nitrogen and oxygen atoms in total. The Kier molecular flexibility index (Phi) is 7.55. The number of carbonyl (C=O) groups excluding carboxylic acids is 2. The molecule has 1 aliphatic rings. The fourth-order valence-corrected chi connectivity index (χ4v) is 2.65. The molecule has 2 amide bonds. The van der Waals surface area contributed by atoms with Gasteiger partial charge in [-0.25, -0.2) is 0 Å². The Bertz CT molecular complexity index is 542. The number of nitrogens with one attached hydrogen (secondary N) is 2. The van der Waals surface area contributed by atoms with Crippen LogP contribution in [0.2, 0.25) is 0 Å². The van der Waals surface area contributed by atoms with Gasteiger partial charge in [0.2, 0.25) is 5.91 Å². The molecule has 6 heteroatoms. The number of ether oxygens (including phenoxy) is 1. The molecule has 0 aromatic heterocycles. The second-order valence-electron chi connectivity index (χ2n) is 5.97. The van der Waals surface area contributed by atoms with Crippen LogP contribution in [0.3, 0.4) is 0 Å². The zero-order valence-corrected chi connectivity index (χ0v) is 14.3. The molecule has 0 atom stereocenters. The average molecular weight is 333 g/mol. The number of rotatable bonds is 9. The van der Waals surface area contributed by atoms with Crippen LogP contribution in [0, 0.1) is 0 Å². The first-order valence-electron chi connectivity index (χ1n) is 8.69. The van der Waals surface area contributed by atoms with Gasteiger partial charge < -0.3 is 20.3 Å². The standard InChI is InChI=1S/C18H27N3O3/c1-2-17(22)20-15-7-5-8-16(13-15)24-14-18(23)19-9-6-12-21-10-3-4-11-21/h5,7-8,13H,2-4,6,9-12,14H2,1H3,(H,19,23)(H,20,22). The van der Waals surface area contributed by atoms with E-state index in [2.05, 4.69) is 15.5 Å². The second kappa shape index (κ2) is 9.93. The lowest BCUT2D eigenvalue weighted by atomic mass is 10.3. The summed E-state index contributed by atoms with van der Waals surface area (Å²) in [6, 6.07) is 7.06. The van der Waals surface area contributed by atoms with E-state index in [1.165, 1.54) is 25.9 Å². The molecule has 2 N–H and O–H groups in total. The van der Waals surface area contributed by atoms with E-state index in [1.807, 2.05) is 0 Å². The molecule has 132 valence electrons. The van der Waals surface area contributed by atoms with Crippen LogP contribution < -0.4 is 15.4 Å². The first-order valence-corrected chi connectivity index (χ1v) is 8.69. The first-order chi connectivity index (χ1) is 11.7. The number of anilines is 1. The van der Waals surface area contributed by atoms with Gasteiger partial charge >= 0.3 is 0 Å². The SMILES string of the molecule is CCC(=O)Nc1cccc(OCC(=O)NCCCN2CCCC2)c1. The van der Waals surface area contributed by atoms with Gasteiger partial charge in [0.05, 0.1) is 0 Å². The third-order valence-electron chi connectivity index (χ3n) is 3.98. The summed E-state index contributed by atoms with van der Waals surface area (Å²) in [7, 11) is 0. The van der Waals surface area contributed by atoms with Crippen LogP contribution in [0.15, 0.2) is 24.3 Å². The molecule has 0 unspecified atom stereocenters. The summed E-state index contributed by atoms with van der Waals surface area (Å²) in [4.78, 5) is 25.6. The van der Waals surface area contributed by atoms with E-state index in [-0.39, 0.29) is 18.4 Å². The van der Waals surface area contributed by atoms with Gasteiger partial charge in [-0.05, 0) is 51.0 Å². The Morgan fingerprint density at radius 3 is 2.75 bits per heavy atom. The number of hydrogen-bond acceptors (Lipinski definition) is 4. The molecular weight excluding hydrogens is 306 g/mol. The van der Waals surface area contributed by atoms with E-state index in [1.54, 1.807) is 31.2 Å². The largest absolute Gasteiger partial charge is 0.484 e. The Balaban J connectivity index is 1.63. The van der Waals surface area contributed by atoms with E-state index >= 15 is 0 Å². The third-order valence-corrected chi connectivity index (χ3v) is 3.98. The van der Waals surface area contributed by atoms with Gasteiger partial charge in [0, 0.05) is 24.7 Å². The molecule has 0 radical (unpaired) electrons. The van der Waals surface area contributed by atoms with Gasteiger partial charge in [-0.2, -0.15) is 0 Å². The molecule has 1 heterocycles. The van der Waals surface area contributed by atoms with Crippen LogP contribution in [0.25, 0.3) is 0 Å². The maximum absolute atomic E-state index is 11.8. The Morgan fingerprint density at radius 1 is 1.21 bits per heavy atom. The third kappa shape index (κ3) is 6.58. The van der Waals surface area contributed by atoms with Crippen LogP contribution in [0.5, 0.6) is 5.75 Å². The van der Waals surface area contributed by atoms with E-state index in [0.29, 0.717) is 24.4 Å². The minimum atomic E-state index is -0.126. The summed E-state index contributed by atoms with van der Waals surface area (Å²) in [6.45, 7) is 5.86. The highest BCUT2D eigenvalue weighted by atomic mass is 16.5. The van der Waals surface area contributed by atoms with Gasteiger partial charge in [0.15, 0.2) is 6.61 Å². The molecule has 1 aromatic rings. The number of likely N-dealkylation sites (tertiary alicyclic amines) is 1. The maximum atomic E-state index is 11.8.